The summed E-state index contributed by atoms with van der Waals surface area (Å²) < 4.78 is 28.5. The quantitative estimate of drug-likeness (QED) is 0.848. The van der Waals surface area contributed by atoms with E-state index in [1.54, 1.807) is 29.4 Å². The highest BCUT2D eigenvalue weighted by atomic mass is 32.2. The molecule has 2 aromatic rings. The molecule has 0 atom stereocenters. The van der Waals surface area contributed by atoms with Gasteiger partial charge in [-0.25, -0.2) is 8.42 Å². The van der Waals surface area contributed by atoms with Crippen LogP contribution in [0, 0.1) is 0 Å². The van der Waals surface area contributed by atoms with E-state index in [-0.39, 0.29) is 0 Å². The standard InChI is InChI=1S/C12H16N4O2S2/c1-16-7-10(5-14-16)15-20(17,18)12-4-11(19-8-12)6-13-9-2-3-9/h4-5,7-9,13,15H,2-3,6H2,1H3. The minimum atomic E-state index is -3.52. The van der Waals surface area contributed by atoms with Crippen molar-refractivity contribution < 1.29 is 8.42 Å². The Morgan fingerprint density at radius 2 is 2.30 bits per heavy atom. The van der Waals surface area contributed by atoms with Crippen LogP contribution in [0.3, 0.4) is 0 Å². The largest absolute Gasteiger partial charge is 0.309 e. The summed E-state index contributed by atoms with van der Waals surface area (Å²) in [5, 5.41) is 8.98. The summed E-state index contributed by atoms with van der Waals surface area (Å²) >= 11 is 1.46. The van der Waals surface area contributed by atoms with Crippen LogP contribution in [0.15, 0.2) is 28.7 Å². The molecule has 1 aliphatic carbocycles. The minimum absolute atomic E-state index is 0.305. The molecule has 0 aliphatic heterocycles. The second-order valence-electron chi connectivity index (χ2n) is 4.91. The Hall–Kier alpha value is -1.38. The monoisotopic (exact) mass is 312 g/mol. The molecule has 1 fully saturated rings. The summed E-state index contributed by atoms with van der Waals surface area (Å²) in [5.74, 6) is 0. The summed E-state index contributed by atoms with van der Waals surface area (Å²) in [7, 11) is -1.78. The van der Waals surface area contributed by atoms with Crippen molar-refractivity contribution in [2.75, 3.05) is 4.72 Å². The number of aryl methyl sites for hydroxylation is 1. The summed E-state index contributed by atoms with van der Waals surface area (Å²) in [6, 6.07) is 2.34. The first-order chi connectivity index (χ1) is 9.53. The number of anilines is 1. The molecule has 0 amide bonds. The first kappa shape index (κ1) is 13.6. The lowest BCUT2D eigenvalue weighted by Gasteiger charge is -2.03. The van der Waals surface area contributed by atoms with Crippen molar-refractivity contribution in [2.45, 2.75) is 30.3 Å². The SMILES string of the molecule is Cn1cc(NS(=O)(=O)c2csc(CNC3CC3)c2)cn1. The summed E-state index contributed by atoms with van der Waals surface area (Å²) in [6.45, 7) is 0.734. The molecule has 8 heteroatoms. The minimum Gasteiger partial charge on any atom is -0.309 e. The van der Waals surface area contributed by atoms with Crippen molar-refractivity contribution >= 4 is 27.0 Å². The van der Waals surface area contributed by atoms with E-state index in [1.807, 2.05) is 0 Å². The molecule has 0 bridgehead atoms. The van der Waals surface area contributed by atoms with Crippen LogP contribution in [0.25, 0.3) is 0 Å². The highest BCUT2D eigenvalue weighted by Crippen LogP contribution is 2.24. The zero-order valence-corrected chi connectivity index (χ0v) is 12.7. The van der Waals surface area contributed by atoms with Crippen molar-refractivity contribution in [3.8, 4) is 0 Å². The van der Waals surface area contributed by atoms with Crippen molar-refractivity contribution in [3.63, 3.8) is 0 Å². The maximum absolute atomic E-state index is 12.2. The van der Waals surface area contributed by atoms with Crippen LogP contribution in [-0.2, 0) is 23.6 Å². The second kappa shape index (κ2) is 5.19. The predicted octanol–water partition coefficient (Wildman–Crippen LogP) is 1.53. The number of sulfonamides is 1. The van der Waals surface area contributed by atoms with Crippen LogP contribution >= 0.6 is 11.3 Å². The van der Waals surface area contributed by atoms with E-state index < -0.39 is 10.0 Å². The van der Waals surface area contributed by atoms with Gasteiger partial charge >= 0.3 is 0 Å². The van der Waals surface area contributed by atoms with Crippen LogP contribution in [0.5, 0.6) is 0 Å². The van der Waals surface area contributed by atoms with Crippen molar-refractivity contribution in [1.82, 2.24) is 15.1 Å². The fraction of sp³-hybridized carbons (Fsp3) is 0.417. The number of nitrogens with one attached hydrogen (secondary N) is 2. The van der Waals surface area contributed by atoms with E-state index in [2.05, 4.69) is 15.1 Å². The lowest BCUT2D eigenvalue weighted by Crippen LogP contribution is -2.14. The first-order valence-electron chi connectivity index (χ1n) is 6.35. The molecule has 3 rings (SSSR count). The topological polar surface area (TPSA) is 76.0 Å². The average Bonchev–Trinajstić information content (AvgIpc) is 2.93. The first-order valence-corrected chi connectivity index (χ1v) is 8.71. The Bertz CT molecular complexity index is 701. The molecule has 0 spiro atoms. The number of aromatic nitrogens is 2. The van der Waals surface area contributed by atoms with Crippen LogP contribution < -0.4 is 10.0 Å². The molecule has 2 N–H and O–H groups in total. The van der Waals surface area contributed by atoms with Gasteiger partial charge in [-0.3, -0.25) is 9.40 Å². The molecule has 2 heterocycles. The third-order valence-corrected chi connectivity index (χ3v) is 5.49. The molecule has 0 unspecified atom stereocenters. The van der Waals surface area contributed by atoms with Gasteiger partial charge in [0.05, 0.1) is 16.8 Å². The molecular weight excluding hydrogens is 296 g/mol. The molecule has 1 saturated carbocycles. The number of hydrogen-bond donors (Lipinski definition) is 2. The Balaban J connectivity index is 1.69. The van der Waals surface area contributed by atoms with Gasteiger partial charge in [-0.2, -0.15) is 5.10 Å². The zero-order chi connectivity index (χ0) is 14.2. The fourth-order valence-electron chi connectivity index (χ4n) is 1.81. The van der Waals surface area contributed by atoms with E-state index in [4.69, 9.17) is 0 Å². The van der Waals surface area contributed by atoms with Gasteiger partial charge in [-0.15, -0.1) is 11.3 Å². The number of rotatable bonds is 6. The molecule has 0 radical (unpaired) electrons. The summed E-state index contributed by atoms with van der Waals surface area (Å²) in [6.07, 6.45) is 5.55. The molecule has 0 aromatic carbocycles. The Kier molecular flexibility index (Phi) is 3.53. The van der Waals surface area contributed by atoms with Crippen LogP contribution in [0.2, 0.25) is 0 Å². The van der Waals surface area contributed by atoms with Crippen LogP contribution in [0.1, 0.15) is 17.7 Å². The van der Waals surface area contributed by atoms with Crippen molar-refractivity contribution in [3.05, 3.63) is 28.7 Å². The number of nitrogens with zero attached hydrogens (tertiary/aromatic N) is 2. The maximum atomic E-state index is 12.2. The van der Waals surface area contributed by atoms with Crippen LogP contribution in [0.4, 0.5) is 5.69 Å². The number of thiophene rings is 1. The van der Waals surface area contributed by atoms with Crippen molar-refractivity contribution in [1.29, 1.82) is 0 Å². The van der Waals surface area contributed by atoms with Crippen LogP contribution in [-0.4, -0.2) is 24.2 Å². The van der Waals surface area contributed by atoms with E-state index in [9.17, 15) is 8.42 Å². The molecule has 108 valence electrons. The Labute approximate surface area is 121 Å². The normalized spacial score (nSPS) is 15.4. The Morgan fingerprint density at radius 1 is 1.50 bits per heavy atom. The highest BCUT2D eigenvalue weighted by molar-refractivity contribution is 7.92. The van der Waals surface area contributed by atoms with Gasteiger partial charge < -0.3 is 5.32 Å². The second-order valence-corrected chi connectivity index (χ2v) is 7.59. The molecule has 20 heavy (non-hydrogen) atoms. The van der Waals surface area contributed by atoms with E-state index in [0.29, 0.717) is 16.6 Å². The molecular formula is C12H16N4O2S2. The Morgan fingerprint density at radius 3 is 2.95 bits per heavy atom. The molecule has 0 saturated heterocycles. The summed E-state index contributed by atoms with van der Waals surface area (Å²) in [4.78, 5) is 1.34. The van der Waals surface area contributed by atoms with E-state index in [0.717, 1.165) is 11.4 Å². The molecule has 1 aliphatic rings. The van der Waals surface area contributed by atoms with E-state index >= 15 is 0 Å². The average molecular weight is 312 g/mol. The number of hydrogen-bond acceptors (Lipinski definition) is 5. The van der Waals surface area contributed by atoms with E-state index in [1.165, 1.54) is 30.4 Å². The van der Waals surface area contributed by atoms with Gasteiger partial charge in [-0.05, 0) is 18.9 Å². The third-order valence-electron chi connectivity index (χ3n) is 3.04. The highest BCUT2D eigenvalue weighted by Gasteiger charge is 2.21. The molecule has 2 aromatic heterocycles. The van der Waals surface area contributed by atoms with Gasteiger partial charge in [0.25, 0.3) is 10.0 Å². The lowest BCUT2D eigenvalue weighted by molar-refractivity contribution is 0.601. The van der Waals surface area contributed by atoms with Gasteiger partial charge in [0.1, 0.15) is 0 Å². The zero-order valence-electron chi connectivity index (χ0n) is 11.0. The van der Waals surface area contributed by atoms with Gasteiger partial charge in [-0.1, -0.05) is 0 Å². The van der Waals surface area contributed by atoms with Gasteiger partial charge in [0, 0.05) is 36.1 Å². The van der Waals surface area contributed by atoms with Gasteiger partial charge in [0.15, 0.2) is 0 Å². The smallest absolute Gasteiger partial charge is 0.262 e. The van der Waals surface area contributed by atoms with Gasteiger partial charge in [0.2, 0.25) is 0 Å². The molecule has 6 nitrogen and oxygen atoms in total. The lowest BCUT2D eigenvalue weighted by atomic mass is 10.4. The summed E-state index contributed by atoms with van der Waals surface area (Å²) in [5.41, 5.74) is 0.469. The fourth-order valence-corrected chi connectivity index (χ4v) is 4.07. The third kappa shape index (κ3) is 3.20. The predicted molar refractivity (Wildman–Crippen MR) is 78.2 cm³/mol. The maximum Gasteiger partial charge on any atom is 0.262 e. The van der Waals surface area contributed by atoms with Crippen molar-refractivity contribution in [2.24, 2.45) is 7.05 Å².